The Morgan fingerprint density at radius 2 is 2.04 bits per heavy atom. The van der Waals surface area contributed by atoms with E-state index >= 15 is 0 Å². The predicted octanol–water partition coefficient (Wildman–Crippen LogP) is 4.91. The summed E-state index contributed by atoms with van der Waals surface area (Å²) in [5.74, 6) is 0.883. The average Bonchev–Trinajstić information content (AvgIpc) is 3.31. The highest BCUT2D eigenvalue weighted by molar-refractivity contribution is 7.21. The van der Waals surface area contributed by atoms with Gasteiger partial charge in [-0.1, -0.05) is 29.3 Å². The molecular formula is C16H10Cl2N6O2S. The molecule has 3 heterocycles. The van der Waals surface area contributed by atoms with Crippen molar-refractivity contribution >= 4 is 55.6 Å². The second kappa shape index (κ2) is 7.10. The van der Waals surface area contributed by atoms with Crippen molar-refractivity contribution in [2.75, 3.05) is 5.32 Å². The molecule has 4 rings (SSSR count). The number of nitrogens with one attached hydrogen (secondary N) is 2. The number of hydrogen-bond donors (Lipinski definition) is 2. The maximum Gasteiger partial charge on any atom is 0.326 e. The van der Waals surface area contributed by atoms with Gasteiger partial charge in [-0.3, -0.25) is 15.2 Å². The first-order valence-corrected chi connectivity index (χ1v) is 9.22. The van der Waals surface area contributed by atoms with Crippen molar-refractivity contribution < 1.29 is 4.92 Å². The summed E-state index contributed by atoms with van der Waals surface area (Å²) in [5.41, 5.74) is 1.51. The summed E-state index contributed by atoms with van der Waals surface area (Å²) in [5, 5.41) is 22.5. The molecule has 0 bridgehead atoms. The molecule has 4 aromatic rings. The molecule has 0 saturated carbocycles. The number of nitro groups is 1. The van der Waals surface area contributed by atoms with Gasteiger partial charge in [0, 0.05) is 18.8 Å². The van der Waals surface area contributed by atoms with Gasteiger partial charge in [-0.15, -0.1) is 0 Å². The number of benzene rings is 1. The maximum absolute atomic E-state index is 11.1. The molecule has 0 spiro atoms. The summed E-state index contributed by atoms with van der Waals surface area (Å²) in [6.45, 7) is 0.412. The van der Waals surface area contributed by atoms with Gasteiger partial charge in [0.2, 0.25) is 0 Å². The van der Waals surface area contributed by atoms with Crippen molar-refractivity contribution in [2.24, 2.45) is 0 Å². The molecule has 1 aromatic carbocycles. The fourth-order valence-corrected chi connectivity index (χ4v) is 3.64. The first kappa shape index (κ1) is 17.7. The minimum atomic E-state index is -0.440. The zero-order valence-electron chi connectivity index (χ0n) is 13.4. The van der Waals surface area contributed by atoms with Crippen LogP contribution < -0.4 is 5.32 Å². The van der Waals surface area contributed by atoms with Gasteiger partial charge in [0.1, 0.15) is 16.3 Å². The van der Waals surface area contributed by atoms with E-state index in [4.69, 9.17) is 23.2 Å². The summed E-state index contributed by atoms with van der Waals surface area (Å²) in [6.07, 6.45) is 1.59. The van der Waals surface area contributed by atoms with Crippen LogP contribution in [0.25, 0.3) is 21.7 Å². The highest BCUT2D eigenvalue weighted by atomic mass is 35.5. The molecule has 3 aromatic heterocycles. The Bertz CT molecular complexity index is 1150. The zero-order valence-corrected chi connectivity index (χ0v) is 15.8. The molecule has 2 N–H and O–H groups in total. The van der Waals surface area contributed by atoms with Crippen LogP contribution in [0.1, 0.15) is 5.56 Å². The van der Waals surface area contributed by atoms with Gasteiger partial charge in [-0.05, 0) is 35.1 Å². The van der Waals surface area contributed by atoms with E-state index in [1.165, 1.54) is 6.07 Å². The quantitative estimate of drug-likeness (QED) is 0.350. The van der Waals surface area contributed by atoms with Crippen LogP contribution in [-0.4, -0.2) is 25.1 Å². The molecule has 0 atom stereocenters. The third kappa shape index (κ3) is 3.57. The van der Waals surface area contributed by atoms with Crippen LogP contribution in [0.15, 0.2) is 36.5 Å². The molecule has 0 aliphatic heterocycles. The molecule has 0 aliphatic carbocycles. The molecule has 0 aliphatic rings. The summed E-state index contributed by atoms with van der Waals surface area (Å²) < 4.78 is 0. The van der Waals surface area contributed by atoms with Gasteiger partial charge < -0.3 is 5.32 Å². The largest absolute Gasteiger partial charge is 0.365 e. The minimum absolute atomic E-state index is 0.00125. The molecule has 0 radical (unpaired) electrons. The molecule has 11 heteroatoms. The number of hydrogen-bond acceptors (Lipinski definition) is 7. The van der Waals surface area contributed by atoms with E-state index in [2.05, 4.69) is 25.5 Å². The van der Waals surface area contributed by atoms with Crippen LogP contribution in [0.4, 0.5) is 10.8 Å². The van der Waals surface area contributed by atoms with E-state index in [0.717, 1.165) is 16.9 Å². The highest BCUT2D eigenvalue weighted by Gasteiger charge is 2.18. The topological polar surface area (TPSA) is 110 Å². The van der Waals surface area contributed by atoms with Gasteiger partial charge >= 0.3 is 5.00 Å². The number of H-pyrrole nitrogens is 1. The predicted molar refractivity (Wildman–Crippen MR) is 105 cm³/mol. The second-order valence-electron chi connectivity index (χ2n) is 5.53. The first-order chi connectivity index (χ1) is 13.0. The van der Waals surface area contributed by atoms with E-state index in [9.17, 15) is 10.1 Å². The second-order valence-corrected chi connectivity index (χ2v) is 7.35. The number of nitrogens with zero attached hydrogens (tertiary/aromatic N) is 4. The summed E-state index contributed by atoms with van der Waals surface area (Å²) in [6, 6.07) is 8.49. The van der Waals surface area contributed by atoms with Gasteiger partial charge in [0.25, 0.3) is 0 Å². The van der Waals surface area contributed by atoms with E-state index < -0.39 is 4.92 Å². The van der Waals surface area contributed by atoms with Gasteiger partial charge in [-0.25, -0.2) is 9.97 Å². The summed E-state index contributed by atoms with van der Waals surface area (Å²) >= 11 is 13.0. The lowest BCUT2D eigenvalue weighted by molar-refractivity contribution is -0.380. The molecule has 27 heavy (non-hydrogen) atoms. The number of fused-ring (bicyclic) bond motifs is 1. The smallest absolute Gasteiger partial charge is 0.326 e. The SMILES string of the molecule is O=[N+]([O-])c1cc2c(NCc3ccc(Cl)c(Cl)c3)nc(-c3ccn[nH]3)nc2s1. The Labute approximate surface area is 166 Å². The average molecular weight is 421 g/mol. The monoisotopic (exact) mass is 420 g/mol. The Balaban J connectivity index is 1.74. The number of halogens is 2. The number of aromatic nitrogens is 4. The third-order valence-corrected chi connectivity index (χ3v) is 5.46. The van der Waals surface area contributed by atoms with E-state index in [1.54, 1.807) is 24.4 Å². The van der Waals surface area contributed by atoms with Crippen LogP contribution >= 0.6 is 34.5 Å². The lowest BCUT2D eigenvalue weighted by Gasteiger charge is -2.09. The van der Waals surface area contributed by atoms with E-state index in [-0.39, 0.29) is 5.00 Å². The lowest BCUT2D eigenvalue weighted by atomic mass is 10.2. The van der Waals surface area contributed by atoms with Crippen molar-refractivity contribution in [3.05, 3.63) is 62.3 Å². The van der Waals surface area contributed by atoms with Crippen LogP contribution in [0.5, 0.6) is 0 Å². The molecule has 136 valence electrons. The fourth-order valence-electron chi connectivity index (χ4n) is 2.47. The first-order valence-electron chi connectivity index (χ1n) is 7.65. The number of aromatic amines is 1. The van der Waals surface area contributed by atoms with Crippen molar-refractivity contribution in [1.29, 1.82) is 0 Å². The van der Waals surface area contributed by atoms with Crippen LogP contribution in [0.2, 0.25) is 10.0 Å². The van der Waals surface area contributed by atoms with E-state index in [1.807, 2.05) is 6.07 Å². The normalized spacial score (nSPS) is 11.0. The Morgan fingerprint density at radius 1 is 1.19 bits per heavy atom. The summed E-state index contributed by atoms with van der Waals surface area (Å²) in [7, 11) is 0. The van der Waals surface area contributed by atoms with Crippen LogP contribution in [0, 0.1) is 10.1 Å². The highest BCUT2D eigenvalue weighted by Crippen LogP contribution is 2.35. The van der Waals surface area contributed by atoms with Crippen molar-refractivity contribution in [3.63, 3.8) is 0 Å². The van der Waals surface area contributed by atoms with Crippen molar-refractivity contribution in [2.45, 2.75) is 6.54 Å². The zero-order chi connectivity index (χ0) is 19.0. The Morgan fingerprint density at radius 3 is 2.74 bits per heavy atom. The molecule has 0 unspecified atom stereocenters. The van der Waals surface area contributed by atoms with Crippen LogP contribution in [0.3, 0.4) is 0 Å². The molecule has 0 fully saturated rings. The summed E-state index contributed by atoms with van der Waals surface area (Å²) in [4.78, 5) is 20.1. The molecule has 8 nitrogen and oxygen atoms in total. The Kier molecular flexibility index (Phi) is 4.65. The van der Waals surface area contributed by atoms with Gasteiger partial charge in [0.15, 0.2) is 5.82 Å². The number of anilines is 1. The Hall–Kier alpha value is -2.75. The number of thiophene rings is 1. The fraction of sp³-hybridized carbons (Fsp3) is 0.0625. The van der Waals surface area contributed by atoms with E-state index in [0.29, 0.717) is 44.1 Å². The maximum atomic E-state index is 11.1. The van der Waals surface area contributed by atoms with Crippen molar-refractivity contribution in [1.82, 2.24) is 20.2 Å². The standard InChI is InChI=1S/C16H10Cl2N6O2S/c17-10-2-1-8(5-11(10)18)7-19-14-9-6-13(24(25)26)27-16(9)22-15(21-14)12-3-4-20-23-12/h1-6H,7H2,(H,20,23)(H,19,21,22). The molecular weight excluding hydrogens is 411 g/mol. The van der Waals surface area contributed by atoms with Gasteiger partial charge in [-0.2, -0.15) is 5.10 Å². The third-order valence-electron chi connectivity index (χ3n) is 3.75. The van der Waals surface area contributed by atoms with Crippen LogP contribution in [-0.2, 0) is 6.54 Å². The number of rotatable bonds is 5. The molecule has 0 amide bonds. The molecule has 0 saturated heterocycles. The van der Waals surface area contributed by atoms with Crippen molar-refractivity contribution in [3.8, 4) is 11.5 Å². The minimum Gasteiger partial charge on any atom is -0.365 e. The van der Waals surface area contributed by atoms with Gasteiger partial charge in [0.05, 0.1) is 20.4 Å². The lowest BCUT2D eigenvalue weighted by Crippen LogP contribution is -2.03.